The molecule has 4 heterocycles. The van der Waals surface area contributed by atoms with E-state index in [9.17, 15) is 0 Å². The molecule has 5 nitrogen and oxygen atoms in total. The van der Waals surface area contributed by atoms with Crippen LogP contribution in [0.5, 0.6) is 0 Å². The van der Waals surface area contributed by atoms with Gasteiger partial charge in [-0.05, 0) is 35.8 Å². The lowest BCUT2D eigenvalue weighted by molar-refractivity contribution is 0.0351. The molecule has 2 atom stereocenters. The summed E-state index contributed by atoms with van der Waals surface area (Å²) in [6, 6.07) is 10.7. The van der Waals surface area contributed by atoms with Crippen molar-refractivity contribution < 1.29 is 4.74 Å². The summed E-state index contributed by atoms with van der Waals surface area (Å²) in [5, 5.41) is 6.46. The van der Waals surface area contributed by atoms with Crippen LogP contribution in [0.15, 0.2) is 41.9 Å². The van der Waals surface area contributed by atoms with Crippen molar-refractivity contribution in [2.75, 3.05) is 39.4 Å². The Bertz CT molecular complexity index is 688. The summed E-state index contributed by atoms with van der Waals surface area (Å²) in [6.07, 6.45) is 1.85. The first-order valence-corrected chi connectivity index (χ1v) is 9.93. The molecule has 0 radical (unpaired) electrons. The van der Waals surface area contributed by atoms with Crippen molar-refractivity contribution in [1.29, 1.82) is 0 Å². The van der Waals surface area contributed by atoms with Crippen LogP contribution in [0.1, 0.15) is 22.7 Å². The van der Waals surface area contributed by atoms with E-state index in [1.54, 1.807) is 11.3 Å². The van der Waals surface area contributed by atoms with Crippen molar-refractivity contribution in [1.82, 2.24) is 20.1 Å². The standard InChI is InChI=1S/C18H22N4OS2/c24-18-20-16(14-4-1-2-6-19-14)17(15-5-3-13-25-15)22(18)8-7-21-9-11-23-12-10-21/h1-6,13,16-17H,7-12H2,(H,20,24)/t16-,17+/m0/s1. The molecule has 2 aliphatic rings. The van der Waals surface area contributed by atoms with Crippen molar-refractivity contribution in [2.24, 2.45) is 0 Å². The fraction of sp³-hybridized carbons (Fsp3) is 0.444. The van der Waals surface area contributed by atoms with E-state index < -0.39 is 0 Å². The molecular formula is C18H22N4OS2. The zero-order valence-corrected chi connectivity index (χ0v) is 15.6. The quantitative estimate of drug-likeness (QED) is 0.811. The Balaban J connectivity index is 1.55. The molecular weight excluding hydrogens is 352 g/mol. The number of thiophene rings is 1. The van der Waals surface area contributed by atoms with Gasteiger partial charge in [0.05, 0.1) is 31.0 Å². The van der Waals surface area contributed by atoms with E-state index in [4.69, 9.17) is 17.0 Å². The first-order valence-electron chi connectivity index (χ1n) is 8.64. The van der Waals surface area contributed by atoms with Gasteiger partial charge in [-0.15, -0.1) is 11.3 Å². The molecule has 0 amide bonds. The minimum absolute atomic E-state index is 0.0945. The summed E-state index contributed by atoms with van der Waals surface area (Å²) in [5.41, 5.74) is 1.04. The van der Waals surface area contributed by atoms with Crippen molar-refractivity contribution >= 4 is 28.7 Å². The number of ether oxygens (including phenoxy) is 1. The molecule has 2 saturated heterocycles. The second-order valence-corrected chi connectivity index (χ2v) is 7.66. The van der Waals surface area contributed by atoms with Gasteiger partial charge in [-0.1, -0.05) is 12.1 Å². The van der Waals surface area contributed by atoms with Crippen LogP contribution in [0, 0.1) is 0 Å². The smallest absolute Gasteiger partial charge is 0.170 e. The zero-order valence-electron chi connectivity index (χ0n) is 14.0. The number of hydrogen-bond acceptors (Lipinski definition) is 5. The Morgan fingerprint density at radius 3 is 2.80 bits per heavy atom. The van der Waals surface area contributed by atoms with Gasteiger partial charge in [0.1, 0.15) is 0 Å². The molecule has 2 aromatic heterocycles. The van der Waals surface area contributed by atoms with E-state index in [0.29, 0.717) is 0 Å². The summed E-state index contributed by atoms with van der Waals surface area (Å²) < 4.78 is 5.45. The highest BCUT2D eigenvalue weighted by molar-refractivity contribution is 7.80. The zero-order chi connectivity index (χ0) is 17.1. The average Bonchev–Trinajstić information content (AvgIpc) is 3.29. The van der Waals surface area contributed by atoms with Gasteiger partial charge < -0.3 is 15.0 Å². The van der Waals surface area contributed by atoms with Crippen LogP contribution in [-0.2, 0) is 4.74 Å². The Morgan fingerprint density at radius 1 is 1.20 bits per heavy atom. The van der Waals surface area contributed by atoms with Crippen molar-refractivity contribution in [3.05, 3.63) is 52.5 Å². The van der Waals surface area contributed by atoms with Gasteiger partial charge in [-0.2, -0.15) is 0 Å². The van der Waals surface area contributed by atoms with E-state index >= 15 is 0 Å². The molecule has 0 unspecified atom stereocenters. The number of morpholine rings is 1. The second kappa shape index (κ2) is 7.78. The van der Waals surface area contributed by atoms with Gasteiger partial charge >= 0.3 is 0 Å². The number of aromatic nitrogens is 1. The van der Waals surface area contributed by atoms with E-state index in [1.165, 1.54) is 4.88 Å². The maximum Gasteiger partial charge on any atom is 0.170 e. The molecule has 0 spiro atoms. The number of pyridine rings is 1. The van der Waals surface area contributed by atoms with Crippen molar-refractivity contribution in [2.45, 2.75) is 12.1 Å². The maximum atomic E-state index is 5.68. The molecule has 25 heavy (non-hydrogen) atoms. The molecule has 0 aliphatic carbocycles. The SMILES string of the molecule is S=C1N[C@@H](c2ccccn2)[C@@H](c2cccs2)N1CCN1CCOCC1. The van der Waals surface area contributed by atoms with Crippen LogP contribution in [0.3, 0.4) is 0 Å². The van der Waals surface area contributed by atoms with E-state index in [1.807, 2.05) is 18.3 Å². The van der Waals surface area contributed by atoms with E-state index in [2.05, 4.69) is 43.7 Å². The fourth-order valence-electron chi connectivity index (χ4n) is 3.49. The van der Waals surface area contributed by atoms with E-state index in [0.717, 1.165) is 50.2 Å². The number of rotatable bonds is 5. The average molecular weight is 375 g/mol. The number of hydrogen-bond donors (Lipinski definition) is 1. The van der Waals surface area contributed by atoms with Gasteiger partial charge in [-0.3, -0.25) is 9.88 Å². The van der Waals surface area contributed by atoms with Crippen molar-refractivity contribution in [3.63, 3.8) is 0 Å². The summed E-state index contributed by atoms with van der Waals surface area (Å²) in [7, 11) is 0. The van der Waals surface area contributed by atoms with Crippen LogP contribution < -0.4 is 5.32 Å². The molecule has 0 saturated carbocycles. The highest BCUT2D eigenvalue weighted by atomic mass is 32.1. The molecule has 0 bridgehead atoms. The number of nitrogens with zero attached hydrogens (tertiary/aromatic N) is 3. The van der Waals surface area contributed by atoms with E-state index in [-0.39, 0.29) is 12.1 Å². The monoisotopic (exact) mass is 374 g/mol. The van der Waals surface area contributed by atoms with Gasteiger partial charge in [0.2, 0.25) is 0 Å². The van der Waals surface area contributed by atoms with Gasteiger partial charge in [-0.25, -0.2) is 0 Å². The van der Waals surface area contributed by atoms with Gasteiger partial charge in [0.25, 0.3) is 0 Å². The van der Waals surface area contributed by atoms with Crippen LogP contribution in [0.4, 0.5) is 0 Å². The van der Waals surface area contributed by atoms with Crippen LogP contribution in [0.25, 0.3) is 0 Å². The molecule has 2 aliphatic heterocycles. The normalized spacial score (nSPS) is 24.5. The Morgan fingerprint density at radius 2 is 2.08 bits per heavy atom. The Kier molecular flexibility index (Phi) is 5.26. The molecule has 0 aromatic carbocycles. The van der Waals surface area contributed by atoms with Crippen molar-refractivity contribution in [3.8, 4) is 0 Å². The predicted octanol–water partition coefficient (Wildman–Crippen LogP) is 2.45. The highest BCUT2D eigenvalue weighted by Crippen LogP contribution is 2.40. The number of thiocarbonyl (C=S) groups is 1. The minimum Gasteiger partial charge on any atom is -0.379 e. The van der Waals surface area contributed by atoms with Gasteiger partial charge in [0.15, 0.2) is 5.11 Å². The predicted molar refractivity (Wildman–Crippen MR) is 104 cm³/mol. The maximum absolute atomic E-state index is 5.68. The molecule has 132 valence electrons. The van der Waals surface area contributed by atoms with Crippen LogP contribution in [0.2, 0.25) is 0 Å². The summed E-state index contributed by atoms with van der Waals surface area (Å²) in [5.74, 6) is 0. The lowest BCUT2D eigenvalue weighted by Crippen LogP contribution is -2.42. The van der Waals surface area contributed by atoms with Crippen LogP contribution >= 0.6 is 23.6 Å². The first kappa shape index (κ1) is 16.9. The van der Waals surface area contributed by atoms with Gasteiger partial charge in [0, 0.05) is 37.3 Å². The molecule has 4 rings (SSSR count). The molecule has 1 N–H and O–H groups in total. The fourth-order valence-corrected chi connectivity index (χ4v) is 4.69. The minimum atomic E-state index is 0.0945. The first-order chi connectivity index (χ1) is 12.3. The lowest BCUT2D eigenvalue weighted by Gasteiger charge is -2.31. The lowest BCUT2D eigenvalue weighted by atomic mass is 10.0. The summed E-state index contributed by atoms with van der Waals surface area (Å²) in [6.45, 7) is 5.57. The topological polar surface area (TPSA) is 40.6 Å². The Hall–Kier alpha value is -1.54. The highest BCUT2D eigenvalue weighted by Gasteiger charge is 2.40. The molecule has 7 heteroatoms. The molecule has 2 fully saturated rings. The van der Waals surface area contributed by atoms with Crippen LogP contribution in [-0.4, -0.2) is 59.3 Å². The number of nitrogens with one attached hydrogen (secondary N) is 1. The third-order valence-electron chi connectivity index (χ3n) is 4.79. The summed E-state index contributed by atoms with van der Waals surface area (Å²) >= 11 is 7.47. The third-order valence-corrected chi connectivity index (χ3v) is 6.09. The Labute approximate surface area is 157 Å². The molecule has 2 aromatic rings. The second-order valence-electron chi connectivity index (χ2n) is 6.29. The third kappa shape index (κ3) is 3.69. The largest absolute Gasteiger partial charge is 0.379 e. The summed E-state index contributed by atoms with van der Waals surface area (Å²) in [4.78, 5) is 10.7.